The number of carbonyl (C=O) groups excluding carboxylic acids is 2. The molecule has 3 aromatic rings. The summed E-state index contributed by atoms with van der Waals surface area (Å²) < 4.78 is 7.08. The van der Waals surface area contributed by atoms with Crippen molar-refractivity contribution in [3.8, 4) is 5.75 Å². The highest BCUT2D eigenvalue weighted by molar-refractivity contribution is 6.31. The number of amides is 1. The molecule has 1 fully saturated rings. The molecule has 33 heavy (non-hydrogen) atoms. The van der Waals surface area contributed by atoms with Crippen LogP contribution in [-0.4, -0.2) is 62.7 Å². The predicted octanol–water partition coefficient (Wildman–Crippen LogP) is 2.58. The minimum Gasteiger partial charge on any atom is -0.496 e. The largest absolute Gasteiger partial charge is 0.496 e. The summed E-state index contributed by atoms with van der Waals surface area (Å²) in [5.41, 5.74) is 2.07. The van der Waals surface area contributed by atoms with E-state index in [1.807, 2.05) is 6.92 Å². The van der Waals surface area contributed by atoms with Gasteiger partial charge in [-0.25, -0.2) is 9.50 Å². The number of rotatable bonds is 7. The van der Waals surface area contributed by atoms with Crippen molar-refractivity contribution in [2.45, 2.75) is 31.8 Å². The molecule has 0 saturated heterocycles. The zero-order chi connectivity index (χ0) is 23.1. The van der Waals surface area contributed by atoms with Gasteiger partial charge in [-0.05, 0) is 44.0 Å². The maximum absolute atomic E-state index is 13.3. The fourth-order valence-electron chi connectivity index (χ4n) is 4.06. The maximum Gasteiger partial charge on any atom is 0.257 e. The topological polar surface area (TPSA) is 101 Å². The third-order valence-electron chi connectivity index (χ3n) is 6.08. The summed E-state index contributed by atoms with van der Waals surface area (Å²) >= 11 is 6.27. The second kappa shape index (κ2) is 8.47. The van der Waals surface area contributed by atoms with Crippen LogP contribution in [0.15, 0.2) is 48.0 Å². The first-order chi connectivity index (χ1) is 16.0. The van der Waals surface area contributed by atoms with E-state index in [0.29, 0.717) is 33.3 Å². The Labute approximate surface area is 195 Å². The molecule has 9 nitrogen and oxygen atoms in total. The van der Waals surface area contributed by atoms with Crippen LogP contribution in [0.25, 0.3) is 5.65 Å². The molecule has 0 bridgehead atoms. The highest BCUT2D eigenvalue weighted by Crippen LogP contribution is 2.33. The van der Waals surface area contributed by atoms with Gasteiger partial charge in [0.05, 0.1) is 37.6 Å². The van der Waals surface area contributed by atoms with Crippen LogP contribution in [0.3, 0.4) is 0 Å². The Morgan fingerprint density at radius 1 is 1.30 bits per heavy atom. The molecular formula is C23H23ClN6O3. The first-order valence-corrected chi connectivity index (χ1v) is 11.1. The maximum atomic E-state index is 13.3. The van der Waals surface area contributed by atoms with Crippen LogP contribution < -0.4 is 10.1 Å². The zero-order valence-electron chi connectivity index (χ0n) is 18.2. The summed E-state index contributed by atoms with van der Waals surface area (Å²) in [6.45, 7) is 2.13. The SMILES string of the molecule is COc1ccc(Cl)cc1C1=NN(CC(=O)C2CC2)C(C)C1NC(=O)c1cnn2cccnc12. The molecule has 10 heteroatoms. The van der Waals surface area contributed by atoms with Gasteiger partial charge in [-0.1, -0.05) is 11.6 Å². The summed E-state index contributed by atoms with van der Waals surface area (Å²) in [5, 5.41) is 14.3. The number of hydrogen-bond acceptors (Lipinski definition) is 7. The van der Waals surface area contributed by atoms with Gasteiger partial charge >= 0.3 is 0 Å². The van der Waals surface area contributed by atoms with E-state index >= 15 is 0 Å². The van der Waals surface area contributed by atoms with Crippen molar-refractivity contribution < 1.29 is 14.3 Å². The van der Waals surface area contributed by atoms with E-state index in [9.17, 15) is 9.59 Å². The molecule has 2 unspecified atom stereocenters. The number of Topliss-reactive ketones (excluding diaryl/α,β-unsaturated/α-hetero) is 1. The van der Waals surface area contributed by atoms with Crippen LogP contribution >= 0.6 is 11.6 Å². The van der Waals surface area contributed by atoms with Gasteiger partial charge in [0, 0.05) is 28.9 Å². The fourth-order valence-corrected chi connectivity index (χ4v) is 4.23. The van der Waals surface area contributed by atoms with Crippen molar-refractivity contribution in [3.05, 3.63) is 59.0 Å². The minimum atomic E-state index is -0.504. The van der Waals surface area contributed by atoms with Crippen molar-refractivity contribution in [1.82, 2.24) is 24.9 Å². The zero-order valence-corrected chi connectivity index (χ0v) is 19.0. The van der Waals surface area contributed by atoms with Crippen molar-refractivity contribution in [2.24, 2.45) is 11.0 Å². The Kier molecular flexibility index (Phi) is 5.49. The molecule has 2 aliphatic rings. The molecule has 1 N–H and O–H groups in total. The molecular weight excluding hydrogens is 444 g/mol. The molecule has 170 valence electrons. The molecule has 0 radical (unpaired) electrons. The molecule has 1 aliphatic heterocycles. The smallest absolute Gasteiger partial charge is 0.257 e. The number of hydrazone groups is 1. The van der Waals surface area contributed by atoms with Gasteiger partial charge in [-0.15, -0.1) is 0 Å². The molecule has 1 aliphatic carbocycles. The fraction of sp³-hybridized carbons (Fsp3) is 0.348. The van der Waals surface area contributed by atoms with Crippen LogP contribution in [0.1, 0.15) is 35.7 Å². The van der Waals surface area contributed by atoms with E-state index in [1.165, 1.54) is 6.20 Å². The summed E-state index contributed by atoms with van der Waals surface area (Å²) in [6, 6.07) is 6.23. The quantitative estimate of drug-likeness (QED) is 0.574. The predicted molar refractivity (Wildman–Crippen MR) is 123 cm³/mol. The number of aromatic nitrogens is 3. The van der Waals surface area contributed by atoms with Gasteiger partial charge in [0.2, 0.25) is 0 Å². The monoisotopic (exact) mass is 466 g/mol. The Balaban J connectivity index is 1.49. The van der Waals surface area contributed by atoms with Gasteiger partial charge in [-0.2, -0.15) is 10.2 Å². The number of ketones is 1. The number of nitrogens with zero attached hydrogens (tertiary/aromatic N) is 5. The van der Waals surface area contributed by atoms with Crippen molar-refractivity contribution in [2.75, 3.05) is 13.7 Å². The van der Waals surface area contributed by atoms with Gasteiger partial charge < -0.3 is 10.1 Å². The molecule has 2 atom stereocenters. The molecule has 1 saturated carbocycles. The molecule has 3 heterocycles. The molecule has 1 aromatic carbocycles. The van der Waals surface area contributed by atoms with E-state index in [2.05, 4.69) is 15.4 Å². The van der Waals surface area contributed by atoms with Gasteiger partial charge in [0.15, 0.2) is 11.4 Å². The van der Waals surface area contributed by atoms with Crippen LogP contribution in [0.4, 0.5) is 0 Å². The standard InChI is InChI=1S/C23H23ClN6O3/c1-13-20(27-23(32)17-11-26-29-9-3-8-25-22(17)29)21(16-10-15(24)6-7-19(16)33-2)28-30(13)12-18(31)14-4-5-14/h3,6-11,13-14,20H,4-5,12H2,1-2H3,(H,27,32). The highest BCUT2D eigenvalue weighted by atomic mass is 35.5. The first kappa shape index (κ1) is 21.4. The second-order valence-corrected chi connectivity index (χ2v) is 8.74. The van der Waals surface area contributed by atoms with E-state index < -0.39 is 6.04 Å². The lowest BCUT2D eigenvalue weighted by molar-refractivity contribution is -0.121. The lowest BCUT2D eigenvalue weighted by Gasteiger charge is -2.25. The van der Waals surface area contributed by atoms with E-state index in [1.54, 1.807) is 53.3 Å². The highest BCUT2D eigenvalue weighted by Gasteiger charge is 2.40. The normalized spacial score (nSPS) is 20.1. The second-order valence-electron chi connectivity index (χ2n) is 8.31. The van der Waals surface area contributed by atoms with Gasteiger partial charge in [-0.3, -0.25) is 14.6 Å². The molecule has 1 amide bonds. The Bertz CT molecular complexity index is 1270. The third-order valence-corrected chi connectivity index (χ3v) is 6.32. The lowest BCUT2D eigenvalue weighted by Crippen LogP contribution is -2.49. The number of methoxy groups -OCH3 is 1. The molecule has 2 aromatic heterocycles. The number of carbonyl (C=O) groups is 2. The number of ether oxygens (including phenoxy) is 1. The summed E-state index contributed by atoms with van der Waals surface area (Å²) in [6.07, 6.45) is 6.69. The van der Waals surface area contributed by atoms with Gasteiger partial charge in [0.25, 0.3) is 5.91 Å². The first-order valence-electron chi connectivity index (χ1n) is 10.8. The van der Waals surface area contributed by atoms with Crippen LogP contribution in [0.2, 0.25) is 5.02 Å². The molecule has 0 spiro atoms. The third kappa shape index (κ3) is 4.04. The number of fused-ring (bicyclic) bond motifs is 1. The minimum absolute atomic E-state index is 0.120. The number of nitrogens with one attached hydrogen (secondary N) is 1. The molecule has 5 rings (SSSR count). The lowest BCUT2D eigenvalue weighted by atomic mass is 9.97. The Morgan fingerprint density at radius 3 is 2.88 bits per heavy atom. The average Bonchev–Trinajstić information content (AvgIpc) is 3.52. The van der Waals surface area contributed by atoms with Crippen LogP contribution in [0.5, 0.6) is 5.75 Å². The van der Waals surface area contributed by atoms with Crippen molar-refractivity contribution in [3.63, 3.8) is 0 Å². The van der Waals surface area contributed by atoms with E-state index in [0.717, 1.165) is 12.8 Å². The van der Waals surface area contributed by atoms with Gasteiger partial charge in [0.1, 0.15) is 11.3 Å². The van der Waals surface area contributed by atoms with Crippen LogP contribution in [0, 0.1) is 5.92 Å². The van der Waals surface area contributed by atoms with E-state index in [-0.39, 0.29) is 30.2 Å². The Hall–Kier alpha value is -3.46. The number of halogens is 1. The summed E-state index contributed by atoms with van der Waals surface area (Å²) in [5.74, 6) is 0.541. The van der Waals surface area contributed by atoms with Crippen LogP contribution in [-0.2, 0) is 4.79 Å². The summed E-state index contributed by atoms with van der Waals surface area (Å²) in [4.78, 5) is 30.1. The Morgan fingerprint density at radius 2 is 2.12 bits per heavy atom. The van der Waals surface area contributed by atoms with E-state index in [4.69, 9.17) is 21.4 Å². The number of hydrogen-bond donors (Lipinski definition) is 1. The van der Waals surface area contributed by atoms with Crippen molar-refractivity contribution in [1.29, 1.82) is 0 Å². The number of benzene rings is 1. The average molecular weight is 467 g/mol. The van der Waals surface area contributed by atoms with Crippen molar-refractivity contribution >= 4 is 34.7 Å². The summed E-state index contributed by atoms with van der Waals surface area (Å²) in [7, 11) is 1.57.